The number of aromatic nitrogens is 3. The molecule has 0 spiro atoms. The van der Waals surface area contributed by atoms with Gasteiger partial charge in [0.2, 0.25) is 6.33 Å². The Kier molecular flexibility index (Phi) is 5.12. The molecule has 1 amide bonds. The topological polar surface area (TPSA) is 158 Å². The summed E-state index contributed by atoms with van der Waals surface area (Å²) >= 11 is 0. The molecule has 2 aromatic rings. The van der Waals surface area contributed by atoms with Gasteiger partial charge in [-0.3, -0.25) is 14.9 Å². The summed E-state index contributed by atoms with van der Waals surface area (Å²) in [4.78, 5) is 35.7. The molecule has 0 saturated carbocycles. The molecule has 0 unspecified atom stereocenters. The number of hydrazone groups is 1. The summed E-state index contributed by atoms with van der Waals surface area (Å²) in [7, 11) is 0. The maximum Gasteiger partial charge on any atom is 0.490 e. The summed E-state index contributed by atoms with van der Waals surface area (Å²) in [6, 6.07) is 4.16. The van der Waals surface area contributed by atoms with Crippen molar-refractivity contribution in [1.29, 1.82) is 0 Å². The van der Waals surface area contributed by atoms with Crippen molar-refractivity contribution in [2.45, 2.75) is 20.4 Å². The number of hydrogen-bond acceptors (Lipinski definition) is 8. The fourth-order valence-corrected chi connectivity index (χ4v) is 1.99. The molecule has 0 aliphatic rings. The van der Waals surface area contributed by atoms with Gasteiger partial charge in [-0.2, -0.15) is 9.78 Å². The van der Waals surface area contributed by atoms with Crippen molar-refractivity contribution in [3.05, 3.63) is 55.9 Å². The first-order chi connectivity index (χ1) is 11.8. The van der Waals surface area contributed by atoms with Gasteiger partial charge in [0.15, 0.2) is 0 Å². The van der Waals surface area contributed by atoms with Gasteiger partial charge in [0.05, 0.1) is 22.7 Å². The first kappa shape index (κ1) is 17.7. The summed E-state index contributed by atoms with van der Waals surface area (Å²) < 4.78 is 1.20. The second-order valence-corrected chi connectivity index (χ2v) is 4.99. The average molecular weight is 347 g/mol. The summed E-state index contributed by atoms with van der Waals surface area (Å²) in [6.45, 7) is 3.13. The standard InChI is InChI=1S/C13H13N7O5/c1-8(6-18-7-14-13(17-18)20(24)25)15-16-12(21)10-4-3-5-11(9(10)2)19(22)23/h3-5,7H,6H2,1-2H3,(H,16,21)/b15-8+. The maximum absolute atomic E-state index is 12.1. The summed E-state index contributed by atoms with van der Waals surface area (Å²) in [5.74, 6) is -1.14. The Bertz CT molecular complexity index is 873. The van der Waals surface area contributed by atoms with E-state index in [9.17, 15) is 25.0 Å². The largest absolute Gasteiger partial charge is 0.490 e. The van der Waals surface area contributed by atoms with Crippen molar-refractivity contribution >= 4 is 23.3 Å². The Morgan fingerprint density at radius 3 is 2.64 bits per heavy atom. The fraction of sp³-hybridized carbons (Fsp3) is 0.231. The molecule has 0 atom stereocenters. The van der Waals surface area contributed by atoms with E-state index in [1.54, 1.807) is 6.92 Å². The van der Waals surface area contributed by atoms with Crippen LogP contribution in [0.25, 0.3) is 0 Å². The maximum atomic E-state index is 12.1. The second-order valence-electron chi connectivity index (χ2n) is 4.99. The lowest BCUT2D eigenvalue weighted by atomic mass is 10.1. The highest BCUT2D eigenvalue weighted by Gasteiger charge is 2.18. The molecule has 1 heterocycles. The van der Waals surface area contributed by atoms with Crippen molar-refractivity contribution in [2.24, 2.45) is 5.10 Å². The van der Waals surface area contributed by atoms with Gasteiger partial charge in [-0.25, -0.2) is 5.43 Å². The zero-order valence-electron chi connectivity index (χ0n) is 13.2. The summed E-state index contributed by atoms with van der Waals surface area (Å²) in [5.41, 5.74) is 2.88. The molecule has 0 bridgehead atoms. The van der Waals surface area contributed by atoms with E-state index in [1.807, 2.05) is 0 Å². The lowest BCUT2D eigenvalue weighted by molar-refractivity contribution is -0.394. The Balaban J connectivity index is 2.07. The van der Waals surface area contributed by atoms with Gasteiger partial charge in [-0.1, -0.05) is 11.1 Å². The quantitative estimate of drug-likeness (QED) is 0.467. The van der Waals surface area contributed by atoms with Crippen LogP contribution in [0.3, 0.4) is 0 Å². The van der Waals surface area contributed by atoms with Gasteiger partial charge in [0.25, 0.3) is 11.6 Å². The SMILES string of the molecule is C/C(Cn1cnc([N+](=O)[O-])n1)=N\NC(=O)c1cccc([N+](=O)[O-])c1C. The van der Waals surface area contributed by atoms with Crippen LogP contribution in [0, 0.1) is 27.2 Å². The monoisotopic (exact) mass is 347 g/mol. The van der Waals surface area contributed by atoms with Crippen LogP contribution in [0.5, 0.6) is 0 Å². The number of carbonyl (C=O) groups is 1. The minimum Gasteiger partial charge on any atom is -0.390 e. The minimum absolute atomic E-state index is 0.0784. The van der Waals surface area contributed by atoms with Crippen molar-refractivity contribution in [2.75, 3.05) is 0 Å². The number of carbonyl (C=O) groups excluding carboxylic acids is 1. The van der Waals surface area contributed by atoms with Gasteiger partial charge < -0.3 is 10.1 Å². The number of benzene rings is 1. The van der Waals surface area contributed by atoms with Gasteiger partial charge in [0, 0.05) is 16.7 Å². The highest BCUT2D eigenvalue weighted by Crippen LogP contribution is 2.20. The molecule has 25 heavy (non-hydrogen) atoms. The summed E-state index contributed by atoms with van der Waals surface area (Å²) in [5, 5.41) is 28.9. The van der Waals surface area contributed by atoms with E-state index >= 15 is 0 Å². The average Bonchev–Trinajstić information content (AvgIpc) is 3.01. The molecular weight excluding hydrogens is 334 g/mol. The Hall–Kier alpha value is -3.70. The number of nitrogens with zero attached hydrogens (tertiary/aromatic N) is 6. The highest BCUT2D eigenvalue weighted by molar-refractivity contribution is 5.97. The molecule has 130 valence electrons. The van der Waals surface area contributed by atoms with Crippen LogP contribution in [0.4, 0.5) is 11.6 Å². The Morgan fingerprint density at radius 1 is 1.32 bits per heavy atom. The predicted molar refractivity (Wildman–Crippen MR) is 85.1 cm³/mol. The fourth-order valence-electron chi connectivity index (χ4n) is 1.99. The van der Waals surface area contributed by atoms with Crippen molar-refractivity contribution in [1.82, 2.24) is 20.2 Å². The molecule has 12 heteroatoms. The zero-order valence-corrected chi connectivity index (χ0v) is 13.2. The van der Waals surface area contributed by atoms with E-state index in [2.05, 4.69) is 20.6 Å². The molecule has 0 fully saturated rings. The van der Waals surface area contributed by atoms with Gasteiger partial charge in [-0.05, 0) is 24.8 Å². The minimum atomic E-state index is -0.726. The molecular formula is C13H13N7O5. The van der Waals surface area contributed by atoms with E-state index in [-0.39, 0.29) is 23.4 Å². The number of nitrogens with one attached hydrogen (secondary N) is 1. The molecule has 0 radical (unpaired) electrons. The Morgan fingerprint density at radius 2 is 2.04 bits per heavy atom. The third-order valence-electron chi connectivity index (χ3n) is 3.17. The molecule has 0 aliphatic carbocycles. The van der Waals surface area contributed by atoms with Crippen LogP contribution in [-0.2, 0) is 6.54 Å². The highest BCUT2D eigenvalue weighted by atomic mass is 16.6. The van der Waals surface area contributed by atoms with E-state index in [0.29, 0.717) is 5.71 Å². The molecule has 12 nitrogen and oxygen atoms in total. The number of rotatable bonds is 6. The van der Waals surface area contributed by atoms with Crippen molar-refractivity contribution in [3.8, 4) is 0 Å². The van der Waals surface area contributed by atoms with Crippen molar-refractivity contribution in [3.63, 3.8) is 0 Å². The van der Waals surface area contributed by atoms with Gasteiger partial charge in [-0.15, -0.1) is 0 Å². The molecule has 2 rings (SSSR count). The number of amides is 1. The van der Waals surface area contributed by atoms with Crippen LogP contribution in [0.15, 0.2) is 29.6 Å². The smallest absolute Gasteiger partial charge is 0.390 e. The van der Waals surface area contributed by atoms with Gasteiger partial charge in [0.1, 0.15) is 0 Å². The zero-order chi connectivity index (χ0) is 18.6. The first-order valence-corrected chi connectivity index (χ1v) is 6.91. The number of nitro groups is 2. The molecule has 0 aliphatic heterocycles. The van der Waals surface area contributed by atoms with E-state index in [0.717, 1.165) is 0 Å². The normalized spacial score (nSPS) is 11.2. The number of hydrogen-bond donors (Lipinski definition) is 1. The van der Waals surface area contributed by atoms with Crippen LogP contribution in [-0.4, -0.2) is 36.2 Å². The predicted octanol–water partition coefficient (Wildman–Crippen LogP) is 1.21. The summed E-state index contributed by atoms with van der Waals surface area (Å²) in [6.07, 6.45) is 1.17. The molecule has 1 aromatic heterocycles. The molecule has 1 aromatic carbocycles. The van der Waals surface area contributed by atoms with E-state index in [1.165, 1.54) is 36.1 Å². The number of nitro benzene ring substituents is 1. The Labute approximate surface area is 140 Å². The van der Waals surface area contributed by atoms with Crippen LogP contribution < -0.4 is 5.43 Å². The van der Waals surface area contributed by atoms with E-state index in [4.69, 9.17) is 0 Å². The third kappa shape index (κ3) is 4.19. The lowest BCUT2D eigenvalue weighted by Crippen LogP contribution is -2.21. The van der Waals surface area contributed by atoms with Crippen LogP contribution in [0.1, 0.15) is 22.8 Å². The third-order valence-corrected chi connectivity index (χ3v) is 3.17. The van der Waals surface area contributed by atoms with E-state index < -0.39 is 21.7 Å². The second kappa shape index (κ2) is 7.25. The van der Waals surface area contributed by atoms with Crippen LogP contribution >= 0.6 is 0 Å². The van der Waals surface area contributed by atoms with Gasteiger partial charge >= 0.3 is 5.95 Å². The van der Waals surface area contributed by atoms with Crippen LogP contribution in [0.2, 0.25) is 0 Å². The molecule has 1 N–H and O–H groups in total. The first-order valence-electron chi connectivity index (χ1n) is 6.91. The lowest BCUT2D eigenvalue weighted by Gasteiger charge is -2.05. The molecule has 0 saturated heterocycles. The van der Waals surface area contributed by atoms with Crippen molar-refractivity contribution < 1.29 is 14.6 Å².